The summed E-state index contributed by atoms with van der Waals surface area (Å²) in [6.45, 7) is 0.966. The Balaban J connectivity index is 1.29. The smallest absolute Gasteiger partial charge is 0.148 e. The summed E-state index contributed by atoms with van der Waals surface area (Å²) in [6, 6.07) is 14.6. The Hall–Kier alpha value is -3.55. The van der Waals surface area contributed by atoms with Crippen molar-refractivity contribution in [3.8, 4) is 23.0 Å². The first kappa shape index (κ1) is 23.8. The SMILES string of the molecule is CS(=O)(=NC1CCCCC1)N1CC(CC#N)(n2cc(-c3ncnc4c3ccn4-c3ccccc3)cn2)C1. The van der Waals surface area contributed by atoms with Gasteiger partial charge in [0.15, 0.2) is 0 Å². The topological polar surface area (TPSA) is 105 Å². The first-order valence-electron chi connectivity index (χ1n) is 12.8. The summed E-state index contributed by atoms with van der Waals surface area (Å²) < 4.78 is 24.0. The molecule has 1 saturated heterocycles. The molecule has 9 nitrogen and oxygen atoms in total. The number of hydrogen-bond acceptors (Lipinski definition) is 6. The Morgan fingerprint density at radius 2 is 1.92 bits per heavy atom. The molecular formula is C27H30N8OS. The van der Waals surface area contributed by atoms with E-state index < -0.39 is 15.5 Å². The minimum Gasteiger partial charge on any atom is -0.301 e. The van der Waals surface area contributed by atoms with Crippen LogP contribution >= 0.6 is 0 Å². The van der Waals surface area contributed by atoms with Crippen LogP contribution in [0, 0.1) is 11.3 Å². The lowest BCUT2D eigenvalue weighted by molar-refractivity contribution is 0.0752. The summed E-state index contributed by atoms with van der Waals surface area (Å²) in [4.78, 5) is 9.11. The molecule has 1 aromatic carbocycles. The molecule has 2 fully saturated rings. The van der Waals surface area contributed by atoms with Crippen molar-refractivity contribution in [3.05, 3.63) is 61.3 Å². The van der Waals surface area contributed by atoms with Gasteiger partial charge in [-0.3, -0.25) is 4.68 Å². The van der Waals surface area contributed by atoms with Gasteiger partial charge < -0.3 is 4.57 Å². The molecule has 6 rings (SSSR count). The normalized spacial score (nSPS) is 19.7. The van der Waals surface area contributed by atoms with Gasteiger partial charge in [-0.2, -0.15) is 10.4 Å². The molecule has 0 amide bonds. The molecule has 1 unspecified atom stereocenters. The van der Waals surface area contributed by atoms with Gasteiger partial charge in [0.1, 0.15) is 27.4 Å². The van der Waals surface area contributed by atoms with Crippen LogP contribution < -0.4 is 0 Å². The maximum Gasteiger partial charge on any atom is 0.148 e. The van der Waals surface area contributed by atoms with Crippen LogP contribution in [0.3, 0.4) is 0 Å². The van der Waals surface area contributed by atoms with Crippen molar-refractivity contribution in [2.75, 3.05) is 19.3 Å². The van der Waals surface area contributed by atoms with Crippen LogP contribution in [-0.4, -0.2) is 58.2 Å². The number of rotatable bonds is 6. The summed E-state index contributed by atoms with van der Waals surface area (Å²) in [7, 11) is -2.48. The third-order valence-electron chi connectivity index (χ3n) is 7.61. The second-order valence-electron chi connectivity index (χ2n) is 10.2. The zero-order valence-electron chi connectivity index (χ0n) is 20.9. The quantitative estimate of drug-likeness (QED) is 0.375. The largest absolute Gasteiger partial charge is 0.301 e. The van der Waals surface area contributed by atoms with Crippen LogP contribution in [0.2, 0.25) is 0 Å². The van der Waals surface area contributed by atoms with Gasteiger partial charge in [-0.1, -0.05) is 37.5 Å². The van der Waals surface area contributed by atoms with Crippen molar-refractivity contribution in [3.63, 3.8) is 0 Å². The third-order valence-corrected chi connectivity index (χ3v) is 9.51. The predicted octanol–water partition coefficient (Wildman–Crippen LogP) is 4.55. The molecule has 190 valence electrons. The summed E-state index contributed by atoms with van der Waals surface area (Å²) in [5, 5.41) is 15.2. The van der Waals surface area contributed by atoms with Gasteiger partial charge in [0.05, 0.1) is 30.4 Å². The molecule has 4 heterocycles. The van der Waals surface area contributed by atoms with Gasteiger partial charge in [0.2, 0.25) is 0 Å². The second-order valence-corrected chi connectivity index (χ2v) is 12.4. The number of nitrogens with zero attached hydrogens (tertiary/aromatic N) is 8. The molecule has 3 aromatic heterocycles. The van der Waals surface area contributed by atoms with Crippen molar-refractivity contribution in [1.29, 1.82) is 5.26 Å². The van der Waals surface area contributed by atoms with Crippen LogP contribution in [0.5, 0.6) is 0 Å². The molecule has 1 aliphatic carbocycles. The number of nitriles is 1. The molecule has 0 bridgehead atoms. The van der Waals surface area contributed by atoms with E-state index in [9.17, 15) is 9.47 Å². The van der Waals surface area contributed by atoms with Crippen LogP contribution in [0.1, 0.15) is 38.5 Å². The Morgan fingerprint density at radius 3 is 2.68 bits per heavy atom. The number of aromatic nitrogens is 5. The predicted molar refractivity (Wildman–Crippen MR) is 143 cm³/mol. The summed E-state index contributed by atoms with van der Waals surface area (Å²) in [5.41, 5.74) is 2.97. The number of fused-ring (bicyclic) bond motifs is 1. The molecule has 1 atom stereocenters. The van der Waals surface area contributed by atoms with Crippen molar-refractivity contribution in [2.24, 2.45) is 4.36 Å². The lowest BCUT2D eigenvalue weighted by Crippen LogP contribution is -2.64. The molecule has 1 aliphatic heterocycles. The van der Waals surface area contributed by atoms with Gasteiger partial charge in [0.25, 0.3) is 0 Å². The highest BCUT2D eigenvalue weighted by Crippen LogP contribution is 2.37. The fourth-order valence-corrected chi connectivity index (χ4v) is 7.40. The van der Waals surface area contributed by atoms with E-state index in [1.54, 1.807) is 18.8 Å². The molecule has 0 N–H and O–H groups in total. The van der Waals surface area contributed by atoms with Crippen LogP contribution in [0.15, 0.2) is 65.7 Å². The molecule has 4 aromatic rings. The number of para-hydroxylation sites is 1. The van der Waals surface area contributed by atoms with Gasteiger partial charge in [0, 0.05) is 48.4 Å². The monoisotopic (exact) mass is 514 g/mol. The van der Waals surface area contributed by atoms with Gasteiger partial charge in [-0.15, -0.1) is 0 Å². The Kier molecular flexibility index (Phi) is 6.05. The minimum absolute atomic E-state index is 0.178. The number of benzene rings is 1. The maximum absolute atomic E-state index is 13.5. The summed E-state index contributed by atoms with van der Waals surface area (Å²) in [5.74, 6) is 0. The van der Waals surface area contributed by atoms with Gasteiger partial charge >= 0.3 is 0 Å². The highest BCUT2D eigenvalue weighted by molar-refractivity contribution is 7.90. The highest BCUT2D eigenvalue weighted by Gasteiger charge is 2.48. The fraction of sp³-hybridized carbons (Fsp3) is 0.407. The lowest BCUT2D eigenvalue weighted by atomic mass is 9.89. The molecule has 37 heavy (non-hydrogen) atoms. The van der Waals surface area contributed by atoms with E-state index in [1.807, 2.05) is 62.3 Å². The van der Waals surface area contributed by atoms with E-state index in [0.717, 1.165) is 53.7 Å². The maximum atomic E-state index is 13.5. The summed E-state index contributed by atoms with van der Waals surface area (Å²) >= 11 is 0. The molecule has 0 spiro atoms. The standard InChI is InChI=1S/C27H30N8OS/c1-37(36,32-22-8-4-2-5-9-22)33-18-27(19-33,13-14-28)35-17-21(16-31-35)25-24-12-15-34(26(24)30-20-29-25)23-10-6-3-7-11-23/h3,6-7,10-12,15-17,20,22H,2,4-5,8-9,13,18-19H2,1H3. The van der Waals surface area contributed by atoms with E-state index in [1.165, 1.54) is 6.42 Å². The zero-order valence-corrected chi connectivity index (χ0v) is 21.7. The van der Waals surface area contributed by atoms with Crippen molar-refractivity contribution in [1.82, 2.24) is 28.6 Å². The molecule has 0 radical (unpaired) electrons. The Morgan fingerprint density at radius 1 is 1.14 bits per heavy atom. The second kappa shape index (κ2) is 9.39. The van der Waals surface area contributed by atoms with Crippen LogP contribution in [0.4, 0.5) is 0 Å². The fourth-order valence-electron chi connectivity index (χ4n) is 5.55. The molecule has 2 aliphatic rings. The third kappa shape index (κ3) is 4.32. The van der Waals surface area contributed by atoms with E-state index in [2.05, 4.69) is 21.1 Å². The summed E-state index contributed by atoms with van der Waals surface area (Å²) in [6.07, 6.45) is 14.9. The molecule has 10 heteroatoms. The Labute approximate surface area is 217 Å². The Bertz CT molecular complexity index is 1580. The van der Waals surface area contributed by atoms with Gasteiger partial charge in [-0.05, 0) is 31.0 Å². The van der Waals surface area contributed by atoms with E-state index >= 15 is 0 Å². The van der Waals surface area contributed by atoms with E-state index in [0.29, 0.717) is 13.1 Å². The van der Waals surface area contributed by atoms with E-state index in [4.69, 9.17) is 4.36 Å². The van der Waals surface area contributed by atoms with Gasteiger partial charge in [-0.25, -0.2) is 22.8 Å². The molecule has 1 saturated carbocycles. The van der Waals surface area contributed by atoms with Crippen LogP contribution in [0.25, 0.3) is 28.0 Å². The lowest BCUT2D eigenvalue weighted by Gasteiger charge is -2.49. The zero-order chi connectivity index (χ0) is 25.5. The van der Waals surface area contributed by atoms with Crippen LogP contribution in [-0.2, 0) is 15.5 Å². The number of hydrogen-bond donors (Lipinski definition) is 0. The first-order valence-corrected chi connectivity index (χ1v) is 14.6. The minimum atomic E-state index is -2.48. The highest BCUT2D eigenvalue weighted by atomic mass is 32.2. The average Bonchev–Trinajstić information content (AvgIpc) is 3.55. The van der Waals surface area contributed by atoms with Crippen molar-refractivity contribution < 1.29 is 4.21 Å². The molecular weight excluding hydrogens is 484 g/mol. The average molecular weight is 515 g/mol. The van der Waals surface area contributed by atoms with Crippen molar-refractivity contribution >= 4 is 20.9 Å². The van der Waals surface area contributed by atoms with Crippen molar-refractivity contribution in [2.45, 2.75) is 50.1 Å². The van der Waals surface area contributed by atoms with E-state index in [-0.39, 0.29) is 12.5 Å². The first-order chi connectivity index (χ1) is 18.0.